The van der Waals surface area contributed by atoms with Crippen LogP contribution in [0.25, 0.3) is 0 Å². The van der Waals surface area contributed by atoms with Gasteiger partial charge in [-0.25, -0.2) is 4.39 Å². The fourth-order valence-corrected chi connectivity index (χ4v) is 5.04. The Bertz CT molecular complexity index is 1510. The zero-order chi connectivity index (χ0) is 28.5. The number of amides is 3. The average molecular weight is 529 g/mol. The molecule has 0 saturated heterocycles. The average Bonchev–Trinajstić information content (AvgIpc) is 3.37. The van der Waals surface area contributed by atoms with Crippen LogP contribution >= 0.6 is 0 Å². The Hall–Kier alpha value is -4.38. The van der Waals surface area contributed by atoms with Crippen molar-refractivity contribution in [3.05, 3.63) is 81.9 Å². The van der Waals surface area contributed by atoms with E-state index in [0.29, 0.717) is 28.9 Å². The molecule has 3 atom stereocenters. The smallest absolute Gasteiger partial charge is 0.251 e. The summed E-state index contributed by atoms with van der Waals surface area (Å²) in [5, 5.41) is 8.78. The summed E-state index contributed by atoms with van der Waals surface area (Å²) in [5.41, 5.74) is 4.39. The lowest BCUT2D eigenvalue weighted by Gasteiger charge is -2.34. The second-order valence-corrected chi connectivity index (χ2v) is 9.54. The third-order valence-corrected chi connectivity index (χ3v) is 7.23. The SMILES string of the molecule is CC.CCC(=O)Nc1c(C)[nH]c(C2C#CC23C(=O)Nc2ccc(C(=O)NC(C)c4ccc(F)cc4)cc23)c1C. The molecular weight excluding hydrogens is 495 g/mol. The van der Waals surface area contributed by atoms with E-state index in [4.69, 9.17) is 0 Å². The summed E-state index contributed by atoms with van der Waals surface area (Å²) in [6, 6.07) is 10.7. The molecule has 1 aromatic heterocycles. The van der Waals surface area contributed by atoms with Crippen LogP contribution in [0.1, 0.15) is 84.5 Å². The summed E-state index contributed by atoms with van der Waals surface area (Å²) in [6.45, 7) is 11.4. The number of carbonyl (C=O) groups is 3. The van der Waals surface area contributed by atoms with Crippen LogP contribution < -0.4 is 16.0 Å². The standard InChI is InChI=1S/C29H27FN4O3.C2H6/c1-5-24(35)34-25-15(2)26(31-17(25)4)21-12-13-29(21)22-14-19(8-11-23(22)33-28(29)37)27(36)32-16(3)18-6-9-20(30)10-7-18;1-2/h6-11,14,16,21,31H,5H2,1-4H3,(H,32,36)(H,33,37)(H,34,35);1-2H3. The van der Waals surface area contributed by atoms with Gasteiger partial charge in [0.05, 0.1) is 17.6 Å². The molecule has 2 aliphatic rings. The first-order valence-corrected chi connectivity index (χ1v) is 13.2. The predicted molar refractivity (Wildman–Crippen MR) is 150 cm³/mol. The number of H-pyrrole nitrogens is 1. The molecule has 2 heterocycles. The Morgan fingerprint density at radius 1 is 1.13 bits per heavy atom. The van der Waals surface area contributed by atoms with Crippen molar-refractivity contribution in [3.63, 3.8) is 0 Å². The highest BCUT2D eigenvalue weighted by molar-refractivity contribution is 6.12. The van der Waals surface area contributed by atoms with Crippen LogP contribution in [-0.4, -0.2) is 22.7 Å². The first kappa shape index (κ1) is 27.6. The van der Waals surface area contributed by atoms with E-state index < -0.39 is 11.3 Å². The minimum Gasteiger partial charge on any atom is -0.359 e. The van der Waals surface area contributed by atoms with Gasteiger partial charge in [-0.3, -0.25) is 14.4 Å². The van der Waals surface area contributed by atoms with E-state index >= 15 is 0 Å². The van der Waals surface area contributed by atoms with Gasteiger partial charge in [-0.2, -0.15) is 0 Å². The molecule has 3 amide bonds. The van der Waals surface area contributed by atoms with Crippen molar-refractivity contribution in [2.24, 2.45) is 0 Å². The molecule has 0 radical (unpaired) electrons. The Morgan fingerprint density at radius 2 is 1.82 bits per heavy atom. The van der Waals surface area contributed by atoms with Crippen LogP contribution in [0.5, 0.6) is 0 Å². The molecule has 4 N–H and O–H groups in total. The third kappa shape index (κ3) is 4.69. The summed E-state index contributed by atoms with van der Waals surface area (Å²) in [7, 11) is 0. The van der Waals surface area contributed by atoms with Gasteiger partial charge in [0.15, 0.2) is 5.41 Å². The number of halogens is 1. The fraction of sp³-hybridized carbons (Fsp3) is 0.323. The van der Waals surface area contributed by atoms with Crippen molar-refractivity contribution in [2.75, 3.05) is 10.6 Å². The van der Waals surface area contributed by atoms with Gasteiger partial charge in [-0.05, 0) is 62.2 Å². The minimum absolute atomic E-state index is 0.0966. The Morgan fingerprint density at radius 3 is 2.44 bits per heavy atom. The Kier molecular flexibility index (Phi) is 7.64. The number of benzene rings is 2. The van der Waals surface area contributed by atoms with E-state index in [1.807, 2.05) is 34.6 Å². The zero-order valence-electron chi connectivity index (χ0n) is 23.0. The van der Waals surface area contributed by atoms with Crippen LogP contribution in [-0.2, 0) is 15.0 Å². The minimum atomic E-state index is -1.14. The molecule has 39 heavy (non-hydrogen) atoms. The Balaban J connectivity index is 0.00000172. The van der Waals surface area contributed by atoms with Crippen molar-refractivity contribution in [1.29, 1.82) is 0 Å². The molecule has 0 bridgehead atoms. The van der Waals surface area contributed by atoms with Gasteiger partial charge in [0.25, 0.3) is 5.91 Å². The fourth-order valence-electron chi connectivity index (χ4n) is 5.04. The van der Waals surface area contributed by atoms with E-state index in [0.717, 1.165) is 22.5 Å². The molecule has 5 rings (SSSR count). The predicted octanol–water partition coefficient (Wildman–Crippen LogP) is 5.63. The van der Waals surface area contributed by atoms with E-state index in [1.165, 1.54) is 12.1 Å². The maximum atomic E-state index is 13.3. The maximum absolute atomic E-state index is 13.3. The number of hydrogen-bond donors (Lipinski definition) is 4. The monoisotopic (exact) mass is 528 g/mol. The molecule has 3 unspecified atom stereocenters. The number of anilines is 2. The first-order chi connectivity index (χ1) is 18.6. The normalized spacial score (nSPS) is 18.9. The maximum Gasteiger partial charge on any atom is 0.251 e. The molecule has 2 aromatic carbocycles. The van der Waals surface area contributed by atoms with Crippen molar-refractivity contribution in [1.82, 2.24) is 10.3 Å². The quantitative estimate of drug-likeness (QED) is 0.312. The topological polar surface area (TPSA) is 103 Å². The number of nitrogens with one attached hydrogen (secondary N) is 4. The highest BCUT2D eigenvalue weighted by Crippen LogP contribution is 2.52. The summed E-state index contributed by atoms with van der Waals surface area (Å²) in [5.74, 6) is 4.77. The van der Waals surface area contributed by atoms with E-state index in [9.17, 15) is 18.8 Å². The van der Waals surface area contributed by atoms with Crippen LogP contribution in [0.3, 0.4) is 0 Å². The molecule has 0 saturated carbocycles. The number of fused-ring (bicyclic) bond motifs is 2. The largest absolute Gasteiger partial charge is 0.359 e. The summed E-state index contributed by atoms with van der Waals surface area (Å²) in [6.07, 6.45) is 0.354. The number of hydrogen-bond acceptors (Lipinski definition) is 3. The van der Waals surface area contributed by atoms with Crippen LogP contribution in [0.4, 0.5) is 15.8 Å². The van der Waals surface area contributed by atoms with Gasteiger partial charge < -0.3 is 20.9 Å². The summed E-state index contributed by atoms with van der Waals surface area (Å²) < 4.78 is 13.3. The van der Waals surface area contributed by atoms with Gasteiger partial charge in [-0.15, -0.1) is 0 Å². The van der Waals surface area contributed by atoms with Crippen molar-refractivity contribution in [3.8, 4) is 11.8 Å². The molecule has 1 spiro atoms. The van der Waals surface area contributed by atoms with Crippen LogP contribution in [0.2, 0.25) is 0 Å². The lowest BCUT2D eigenvalue weighted by molar-refractivity contribution is -0.119. The number of rotatable bonds is 6. The zero-order valence-corrected chi connectivity index (χ0v) is 23.0. The molecule has 0 fully saturated rings. The van der Waals surface area contributed by atoms with E-state index in [-0.39, 0.29) is 29.6 Å². The summed E-state index contributed by atoms with van der Waals surface area (Å²) >= 11 is 0. The van der Waals surface area contributed by atoms with Gasteiger partial charge in [0, 0.05) is 34.6 Å². The second-order valence-electron chi connectivity index (χ2n) is 9.54. The molecule has 7 nitrogen and oxygen atoms in total. The van der Waals surface area contributed by atoms with Crippen molar-refractivity contribution >= 4 is 29.1 Å². The molecule has 202 valence electrons. The third-order valence-electron chi connectivity index (χ3n) is 7.23. The van der Waals surface area contributed by atoms with E-state index in [1.54, 1.807) is 37.3 Å². The van der Waals surface area contributed by atoms with Gasteiger partial charge in [0.1, 0.15) is 5.82 Å². The Labute approximate surface area is 228 Å². The van der Waals surface area contributed by atoms with Crippen LogP contribution in [0.15, 0.2) is 42.5 Å². The highest BCUT2D eigenvalue weighted by atomic mass is 19.1. The van der Waals surface area contributed by atoms with Gasteiger partial charge in [-0.1, -0.05) is 44.7 Å². The summed E-state index contributed by atoms with van der Waals surface area (Å²) in [4.78, 5) is 41.7. The number of aromatic amines is 1. The van der Waals surface area contributed by atoms with Gasteiger partial charge >= 0.3 is 0 Å². The molecule has 3 aromatic rings. The second kappa shape index (κ2) is 10.8. The lowest BCUT2D eigenvalue weighted by Crippen LogP contribution is -2.44. The lowest BCUT2D eigenvalue weighted by atomic mass is 9.64. The van der Waals surface area contributed by atoms with Gasteiger partial charge in [0.2, 0.25) is 11.8 Å². The molecule has 1 aliphatic heterocycles. The number of carbonyl (C=O) groups excluding carboxylic acids is 3. The van der Waals surface area contributed by atoms with E-state index in [2.05, 4.69) is 32.8 Å². The first-order valence-electron chi connectivity index (χ1n) is 13.2. The van der Waals surface area contributed by atoms with Crippen molar-refractivity contribution < 1.29 is 18.8 Å². The molecule has 1 aliphatic carbocycles. The van der Waals surface area contributed by atoms with Crippen molar-refractivity contribution in [2.45, 2.75) is 65.3 Å². The molecule has 8 heteroatoms. The molecular formula is C31H33FN4O3. The number of aryl methyl sites for hydroxylation is 1. The van der Waals surface area contributed by atoms with Crippen LogP contribution in [0, 0.1) is 31.5 Å². The number of aromatic nitrogens is 1. The highest BCUT2D eigenvalue weighted by Gasteiger charge is 2.56.